The average Bonchev–Trinajstić information content (AvgIpc) is 2.21. The normalized spacial score (nSPS) is 26.4. The van der Waals surface area contributed by atoms with Crippen molar-refractivity contribution in [3.8, 4) is 0 Å². The van der Waals surface area contributed by atoms with E-state index in [9.17, 15) is 9.59 Å². The van der Waals surface area contributed by atoms with Crippen LogP contribution in [0.1, 0.15) is 46.0 Å². The van der Waals surface area contributed by atoms with Gasteiger partial charge in [0, 0.05) is 18.5 Å². The Morgan fingerprint density at radius 3 is 2.31 bits per heavy atom. The third-order valence-corrected chi connectivity index (χ3v) is 3.01. The molecule has 1 rings (SSSR count). The Morgan fingerprint density at radius 1 is 1.25 bits per heavy atom. The van der Waals surface area contributed by atoms with Crippen molar-refractivity contribution in [1.82, 2.24) is 10.4 Å². The van der Waals surface area contributed by atoms with Crippen LogP contribution in [-0.2, 0) is 9.59 Å². The zero-order chi connectivity index (χ0) is 12.1. The SMILES string of the molecule is CC1CCCC(C)N1NC(=O)CCC(=O)O. The zero-order valence-corrected chi connectivity index (χ0v) is 9.90. The molecule has 0 aliphatic carbocycles. The van der Waals surface area contributed by atoms with Crippen molar-refractivity contribution in [2.75, 3.05) is 0 Å². The molecule has 5 nitrogen and oxygen atoms in total. The second-order valence-corrected chi connectivity index (χ2v) is 4.46. The largest absolute Gasteiger partial charge is 0.481 e. The van der Waals surface area contributed by atoms with Crippen molar-refractivity contribution in [1.29, 1.82) is 0 Å². The lowest BCUT2D eigenvalue weighted by Crippen LogP contribution is -2.54. The molecule has 0 aromatic heterocycles. The van der Waals surface area contributed by atoms with Crippen LogP contribution in [0.2, 0.25) is 0 Å². The molecule has 0 bridgehead atoms. The summed E-state index contributed by atoms with van der Waals surface area (Å²) < 4.78 is 0. The number of aliphatic carboxylic acids is 1. The summed E-state index contributed by atoms with van der Waals surface area (Å²) in [7, 11) is 0. The van der Waals surface area contributed by atoms with Gasteiger partial charge in [0.25, 0.3) is 0 Å². The molecule has 92 valence electrons. The van der Waals surface area contributed by atoms with Gasteiger partial charge in [0.05, 0.1) is 6.42 Å². The molecule has 0 radical (unpaired) electrons. The Hall–Kier alpha value is -1.10. The highest BCUT2D eigenvalue weighted by atomic mass is 16.4. The van der Waals surface area contributed by atoms with Gasteiger partial charge in [-0.15, -0.1) is 0 Å². The van der Waals surface area contributed by atoms with Crippen molar-refractivity contribution in [3.05, 3.63) is 0 Å². The van der Waals surface area contributed by atoms with Crippen LogP contribution < -0.4 is 5.43 Å². The van der Waals surface area contributed by atoms with Crippen molar-refractivity contribution in [3.63, 3.8) is 0 Å². The molecule has 0 saturated carbocycles. The summed E-state index contributed by atoms with van der Waals surface area (Å²) >= 11 is 0. The fraction of sp³-hybridized carbons (Fsp3) is 0.818. The van der Waals surface area contributed by atoms with E-state index in [4.69, 9.17) is 5.11 Å². The molecule has 5 heteroatoms. The molecule has 1 amide bonds. The van der Waals surface area contributed by atoms with E-state index in [1.165, 1.54) is 6.42 Å². The molecule has 2 unspecified atom stereocenters. The van der Waals surface area contributed by atoms with Crippen molar-refractivity contribution in [2.24, 2.45) is 0 Å². The molecule has 0 aromatic rings. The van der Waals surface area contributed by atoms with Gasteiger partial charge in [0.15, 0.2) is 0 Å². The van der Waals surface area contributed by atoms with E-state index in [2.05, 4.69) is 19.3 Å². The fourth-order valence-corrected chi connectivity index (χ4v) is 2.06. The standard InChI is InChI=1S/C11H20N2O3/c1-8-4-3-5-9(2)13(8)12-10(14)6-7-11(15)16/h8-9H,3-7H2,1-2H3,(H,12,14)(H,15,16). The minimum atomic E-state index is -0.935. The number of nitrogens with one attached hydrogen (secondary N) is 1. The van der Waals surface area contributed by atoms with Crippen LogP contribution in [0.3, 0.4) is 0 Å². The van der Waals surface area contributed by atoms with Gasteiger partial charge in [-0.25, -0.2) is 5.01 Å². The van der Waals surface area contributed by atoms with E-state index in [1.807, 2.05) is 5.01 Å². The Labute approximate surface area is 95.8 Å². The topological polar surface area (TPSA) is 69.6 Å². The van der Waals surface area contributed by atoms with Crippen LogP contribution in [0.4, 0.5) is 0 Å². The lowest BCUT2D eigenvalue weighted by molar-refractivity contribution is -0.140. The van der Waals surface area contributed by atoms with Crippen molar-refractivity contribution >= 4 is 11.9 Å². The number of hydrogen-bond donors (Lipinski definition) is 2. The number of carbonyl (C=O) groups is 2. The highest BCUT2D eigenvalue weighted by Crippen LogP contribution is 2.20. The summed E-state index contributed by atoms with van der Waals surface area (Å²) in [5, 5.41) is 10.4. The number of nitrogens with zero attached hydrogens (tertiary/aromatic N) is 1. The van der Waals surface area contributed by atoms with Crippen LogP contribution in [0, 0.1) is 0 Å². The first-order chi connectivity index (χ1) is 7.50. The monoisotopic (exact) mass is 228 g/mol. The predicted molar refractivity (Wildman–Crippen MR) is 59.6 cm³/mol. The van der Waals surface area contributed by atoms with E-state index in [1.54, 1.807) is 0 Å². The van der Waals surface area contributed by atoms with Gasteiger partial charge >= 0.3 is 5.97 Å². The molecule has 1 saturated heterocycles. The maximum Gasteiger partial charge on any atom is 0.303 e. The maximum absolute atomic E-state index is 11.5. The minimum Gasteiger partial charge on any atom is -0.481 e. The van der Waals surface area contributed by atoms with Crippen molar-refractivity contribution in [2.45, 2.75) is 58.0 Å². The number of carboxylic acids is 1. The highest BCUT2D eigenvalue weighted by Gasteiger charge is 2.25. The lowest BCUT2D eigenvalue weighted by atomic mass is 10.00. The number of carboxylic acid groups (broad SMARTS) is 1. The van der Waals surface area contributed by atoms with Gasteiger partial charge < -0.3 is 5.11 Å². The Bertz CT molecular complexity index is 258. The smallest absolute Gasteiger partial charge is 0.303 e. The summed E-state index contributed by atoms with van der Waals surface area (Å²) in [5.41, 5.74) is 2.80. The van der Waals surface area contributed by atoms with E-state index in [-0.39, 0.29) is 18.7 Å². The maximum atomic E-state index is 11.5. The first-order valence-electron chi connectivity index (χ1n) is 5.80. The molecule has 1 heterocycles. The third kappa shape index (κ3) is 3.81. The van der Waals surface area contributed by atoms with Crippen LogP contribution >= 0.6 is 0 Å². The van der Waals surface area contributed by atoms with Crippen LogP contribution in [0.5, 0.6) is 0 Å². The summed E-state index contributed by atoms with van der Waals surface area (Å²) in [6.07, 6.45) is 3.27. The van der Waals surface area contributed by atoms with E-state index >= 15 is 0 Å². The number of hydrogen-bond acceptors (Lipinski definition) is 3. The number of rotatable bonds is 4. The second kappa shape index (κ2) is 5.84. The average molecular weight is 228 g/mol. The van der Waals surface area contributed by atoms with E-state index in [0.29, 0.717) is 12.1 Å². The van der Waals surface area contributed by atoms with E-state index in [0.717, 1.165) is 12.8 Å². The predicted octanol–water partition coefficient (Wildman–Crippen LogP) is 1.15. The molecule has 1 aliphatic heterocycles. The molecule has 1 fully saturated rings. The molecule has 2 N–H and O–H groups in total. The molecule has 1 aliphatic rings. The number of carbonyl (C=O) groups excluding carboxylic acids is 1. The number of piperidine rings is 1. The summed E-state index contributed by atoms with van der Waals surface area (Å²) in [4.78, 5) is 21.8. The molecular formula is C11H20N2O3. The van der Waals surface area contributed by atoms with Gasteiger partial charge in [-0.2, -0.15) is 0 Å². The van der Waals surface area contributed by atoms with Crippen LogP contribution in [-0.4, -0.2) is 34.1 Å². The lowest BCUT2D eigenvalue weighted by Gasteiger charge is -2.38. The minimum absolute atomic E-state index is 0.0469. The molecule has 0 aromatic carbocycles. The van der Waals surface area contributed by atoms with E-state index < -0.39 is 5.97 Å². The second-order valence-electron chi connectivity index (χ2n) is 4.46. The van der Waals surface area contributed by atoms with Crippen LogP contribution in [0.15, 0.2) is 0 Å². The Balaban J connectivity index is 2.39. The first-order valence-corrected chi connectivity index (χ1v) is 5.80. The molecular weight excluding hydrogens is 208 g/mol. The van der Waals surface area contributed by atoms with Gasteiger partial charge in [0.1, 0.15) is 0 Å². The Kier molecular flexibility index (Phi) is 4.73. The summed E-state index contributed by atoms with van der Waals surface area (Å²) in [6.45, 7) is 4.15. The zero-order valence-electron chi connectivity index (χ0n) is 9.90. The number of hydrazine groups is 1. The van der Waals surface area contributed by atoms with Crippen molar-refractivity contribution < 1.29 is 14.7 Å². The first kappa shape index (κ1) is 13.0. The Morgan fingerprint density at radius 2 is 1.81 bits per heavy atom. The van der Waals surface area contributed by atoms with Gasteiger partial charge in [-0.3, -0.25) is 15.0 Å². The summed E-state index contributed by atoms with van der Waals surface area (Å²) in [5.74, 6) is -1.14. The third-order valence-electron chi connectivity index (χ3n) is 3.01. The molecule has 0 spiro atoms. The highest BCUT2D eigenvalue weighted by molar-refractivity contribution is 5.80. The summed E-state index contributed by atoms with van der Waals surface area (Å²) in [6, 6.07) is 0.662. The number of amides is 1. The van der Waals surface area contributed by atoms with Gasteiger partial charge in [-0.05, 0) is 26.7 Å². The molecule has 2 atom stereocenters. The molecule has 16 heavy (non-hydrogen) atoms. The van der Waals surface area contributed by atoms with Gasteiger partial charge in [-0.1, -0.05) is 6.42 Å². The van der Waals surface area contributed by atoms with Crippen LogP contribution in [0.25, 0.3) is 0 Å². The quantitative estimate of drug-likeness (QED) is 0.757. The fourth-order valence-electron chi connectivity index (χ4n) is 2.06. The van der Waals surface area contributed by atoms with Gasteiger partial charge in [0.2, 0.25) is 5.91 Å².